The molecule has 0 saturated carbocycles. The standard InChI is InChI=1S/C13H14F3N3O/c1-8(2)11(7-17)19-12(20)18-10-6-4-3-5-9(10)13(14,15)16/h3-6,8,11H,1-2H3,(H2,18,19,20). The van der Waals surface area contributed by atoms with Crippen LogP contribution < -0.4 is 10.6 Å². The fraction of sp³-hybridized carbons (Fsp3) is 0.385. The van der Waals surface area contributed by atoms with Crippen molar-refractivity contribution in [3.05, 3.63) is 29.8 Å². The normalized spacial score (nSPS) is 12.7. The van der Waals surface area contributed by atoms with Gasteiger partial charge >= 0.3 is 12.2 Å². The van der Waals surface area contributed by atoms with E-state index in [9.17, 15) is 18.0 Å². The summed E-state index contributed by atoms with van der Waals surface area (Å²) >= 11 is 0. The smallest absolute Gasteiger partial charge is 0.322 e. The number of hydrogen-bond acceptors (Lipinski definition) is 2. The first kappa shape index (κ1) is 15.8. The third-order valence-corrected chi connectivity index (χ3v) is 2.57. The molecule has 0 aromatic heterocycles. The van der Waals surface area contributed by atoms with Crippen LogP contribution in [0, 0.1) is 17.2 Å². The van der Waals surface area contributed by atoms with Crippen LogP contribution in [0.15, 0.2) is 24.3 Å². The van der Waals surface area contributed by atoms with E-state index in [-0.39, 0.29) is 11.6 Å². The molecule has 1 rings (SSSR count). The summed E-state index contributed by atoms with van der Waals surface area (Å²) in [5.41, 5.74) is -1.29. The number of hydrogen-bond donors (Lipinski definition) is 2. The maximum atomic E-state index is 12.7. The van der Waals surface area contributed by atoms with Gasteiger partial charge in [0, 0.05) is 0 Å². The molecule has 0 aliphatic rings. The van der Waals surface area contributed by atoms with Crippen molar-refractivity contribution in [2.75, 3.05) is 5.32 Å². The summed E-state index contributed by atoms with van der Waals surface area (Å²) in [6, 6.07) is 4.90. The van der Waals surface area contributed by atoms with Crippen LogP contribution in [0.2, 0.25) is 0 Å². The molecule has 0 aliphatic heterocycles. The molecular formula is C13H14F3N3O. The van der Waals surface area contributed by atoms with Crippen LogP contribution in [0.25, 0.3) is 0 Å². The average Bonchev–Trinajstić information content (AvgIpc) is 2.35. The van der Waals surface area contributed by atoms with Gasteiger partial charge in [0.15, 0.2) is 0 Å². The number of alkyl halides is 3. The molecular weight excluding hydrogens is 271 g/mol. The summed E-state index contributed by atoms with van der Waals surface area (Å²) in [4.78, 5) is 11.6. The van der Waals surface area contributed by atoms with E-state index in [1.807, 2.05) is 6.07 Å². The Morgan fingerprint density at radius 3 is 2.40 bits per heavy atom. The van der Waals surface area contributed by atoms with Gasteiger partial charge in [-0.1, -0.05) is 26.0 Å². The predicted octanol–water partition coefficient (Wildman–Crippen LogP) is 3.38. The Hall–Kier alpha value is -2.23. The van der Waals surface area contributed by atoms with Crippen LogP contribution in [-0.4, -0.2) is 12.1 Å². The Balaban J connectivity index is 2.85. The van der Waals surface area contributed by atoms with Gasteiger partial charge in [0.2, 0.25) is 0 Å². The minimum absolute atomic E-state index is 0.149. The molecule has 1 atom stereocenters. The van der Waals surface area contributed by atoms with Crippen molar-refractivity contribution in [1.82, 2.24) is 5.32 Å². The topological polar surface area (TPSA) is 64.9 Å². The second-order valence-electron chi connectivity index (χ2n) is 4.49. The van der Waals surface area contributed by atoms with E-state index in [1.165, 1.54) is 12.1 Å². The van der Waals surface area contributed by atoms with Crippen molar-refractivity contribution < 1.29 is 18.0 Å². The minimum atomic E-state index is -4.56. The largest absolute Gasteiger partial charge is 0.418 e. The number of carbonyl (C=O) groups excluding carboxylic acids is 1. The average molecular weight is 285 g/mol. The predicted molar refractivity (Wildman–Crippen MR) is 67.8 cm³/mol. The number of nitrogens with zero attached hydrogens (tertiary/aromatic N) is 1. The Labute approximate surface area is 114 Å². The third-order valence-electron chi connectivity index (χ3n) is 2.57. The van der Waals surface area contributed by atoms with E-state index in [0.29, 0.717) is 0 Å². The molecule has 108 valence electrons. The quantitative estimate of drug-likeness (QED) is 0.894. The molecule has 0 spiro atoms. The number of rotatable bonds is 3. The Bertz CT molecular complexity index is 520. The zero-order chi connectivity index (χ0) is 15.3. The lowest BCUT2D eigenvalue weighted by molar-refractivity contribution is -0.136. The number of carbonyl (C=O) groups is 1. The van der Waals surface area contributed by atoms with Crippen LogP contribution in [0.4, 0.5) is 23.7 Å². The first-order chi connectivity index (χ1) is 9.25. The SMILES string of the molecule is CC(C)C(C#N)NC(=O)Nc1ccccc1C(F)(F)F. The first-order valence-corrected chi connectivity index (χ1v) is 5.89. The molecule has 0 aliphatic carbocycles. The molecule has 1 unspecified atom stereocenters. The summed E-state index contributed by atoms with van der Waals surface area (Å²) in [5.74, 6) is -0.149. The van der Waals surface area contributed by atoms with E-state index in [0.717, 1.165) is 12.1 Å². The molecule has 0 radical (unpaired) electrons. The van der Waals surface area contributed by atoms with Crippen LogP contribution in [0.5, 0.6) is 0 Å². The van der Waals surface area contributed by atoms with Crippen molar-refractivity contribution in [2.24, 2.45) is 5.92 Å². The maximum absolute atomic E-state index is 12.7. The highest BCUT2D eigenvalue weighted by Crippen LogP contribution is 2.34. The van der Waals surface area contributed by atoms with Gasteiger partial charge in [-0.05, 0) is 18.1 Å². The molecule has 0 bridgehead atoms. The zero-order valence-electron chi connectivity index (χ0n) is 11.0. The first-order valence-electron chi connectivity index (χ1n) is 5.89. The third kappa shape index (κ3) is 4.16. The molecule has 20 heavy (non-hydrogen) atoms. The molecule has 0 heterocycles. The molecule has 0 fully saturated rings. The number of amides is 2. The highest BCUT2D eigenvalue weighted by atomic mass is 19.4. The lowest BCUT2D eigenvalue weighted by Crippen LogP contribution is -2.40. The number of anilines is 1. The number of urea groups is 1. The minimum Gasteiger partial charge on any atom is -0.322 e. The van der Waals surface area contributed by atoms with Crippen molar-refractivity contribution in [3.8, 4) is 6.07 Å². The molecule has 2 amide bonds. The highest BCUT2D eigenvalue weighted by Gasteiger charge is 2.33. The molecule has 2 N–H and O–H groups in total. The van der Waals surface area contributed by atoms with E-state index in [1.54, 1.807) is 13.8 Å². The highest BCUT2D eigenvalue weighted by molar-refractivity contribution is 5.90. The van der Waals surface area contributed by atoms with Gasteiger partial charge in [0.25, 0.3) is 0 Å². The second kappa shape index (κ2) is 6.28. The molecule has 1 aromatic carbocycles. The monoisotopic (exact) mass is 285 g/mol. The Morgan fingerprint density at radius 2 is 1.90 bits per heavy atom. The van der Waals surface area contributed by atoms with Crippen molar-refractivity contribution >= 4 is 11.7 Å². The van der Waals surface area contributed by atoms with Crippen LogP contribution in [-0.2, 0) is 6.18 Å². The lowest BCUT2D eigenvalue weighted by Gasteiger charge is -2.17. The van der Waals surface area contributed by atoms with Crippen molar-refractivity contribution in [3.63, 3.8) is 0 Å². The van der Waals surface area contributed by atoms with Gasteiger partial charge in [-0.15, -0.1) is 0 Å². The van der Waals surface area contributed by atoms with E-state index in [2.05, 4.69) is 10.6 Å². The van der Waals surface area contributed by atoms with E-state index < -0.39 is 23.8 Å². The summed E-state index contributed by atoms with van der Waals surface area (Å²) < 4.78 is 38.2. The van der Waals surface area contributed by atoms with Crippen molar-refractivity contribution in [2.45, 2.75) is 26.1 Å². The van der Waals surface area contributed by atoms with Gasteiger partial charge in [0.1, 0.15) is 6.04 Å². The van der Waals surface area contributed by atoms with Crippen LogP contribution >= 0.6 is 0 Å². The summed E-state index contributed by atoms with van der Waals surface area (Å²) in [7, 11) is 0. The summed E-state index contributed by atoms with van der Waals surface area (Å²) in [5, 5.41) is 13.3. The Morgan fingerprint density at radius 1 is 1.30 bits per heavy atom. The number of nitriles is 1. The fourth-order valence-corrected chi connectivity index (χ4v) is 1.49. The second-order valence-corrected chi connectivity index (χ2v) is 4.49. The van der Waals surface area contributed by atoms with Gasteiger partial charge in [0.05, 0.1) is 17.3 Å². The van der Waals surface area contributed by atoms with Gasteiger partial charge < -0.3 is 10.6 Å². The number of nitrogens with one attached hydrogen (secondary N) is 2. The molecule has 4 nitrogen and oxygen atoms in total. The van der Waals surface area contributed by atoms with Crippen molar-refractivity contribution in [1.29, 1.82) is 5.26 Å². The molecule has 7 heteroatoms. The zero-order valence-corrected chi connectivity index (χ0v) is 11.0. The lowest BCUT2D eigenvalue weighted by atomic mass is 10.1. The van der Waals surface area contributed by atoms with Crippen LogP contribution in [0.3, 0.4) is 0 Å². The van der Waals surface area contributed by atoms with E-state index in [4.69, 9.17) is 5.26 Å². The summed E-state index contributed by atoms with van der Waals surface area (Å²) in [6.45, 7) is 3.44. The van der Waals surface area contributed by atoms with Gasteiger partial charge in [-0.25, -0.2) is 4.79 Å². The number of para-hydroxylation sites is 1. The maximum Gasteiger partial charge on any atom is 0.418 e. The fourth-order valence-electron chi connectivity index (χ4n) is 1.49. The van der Waals surface area contributed by atoms with E-state index >= 15 is 0 Å². The molecule has 1 aromatic rings. The summed E-state index contributed by atoms with van der Waals surface area (Å²) in [6.07, 6.45) is -4.56. The van der Waals surface area contributed by atoms with Crippen LogP contribution in [0.1, 0.15) is 19.4 Å². The number of halogens is 3. The Kier molecular flexibility index (Phi) is 4.97. The van der Waals surface area contributed by atoms with Gasteiger partial charge in [-0.3, -0.25) is 0 Å². The number of benzene rings is 1. The van der Waals surface area contributed by atoms with Gasteiger partial charge in [-0.2, -0.15) is 18.4 Å². The molecule has 0 saturated heterocycles.